The molecule has 0 bridgehead atoms. The van der Waals surface area contributed by atoms with Crippen molar-refractivity contribution in [2.45, 2.75) is 4.90 Å². The van der Waals surface area contributed by atoms with Crippen molar-refractivity contribution >= 4 is 21.5 Å². The maximum atomic E-state index is 13.6. The molecule has 0 aliphatic heterocycles. The van der Waals surface area contributed by atoms with Crippen LogP contribution in [0.4, 0.5) is 15.9 Å². The number of rotatable bonds is 3. The van der Waals surface area contributed by atoms with E-state index in [-0.39, 0.29) is 16.4 Å². The Kier molecular flexibility index (Phi) is 3.39. The molecular formula is C12H12FN3O2S. The van der Waals surface area contributed by atoms with Crippen LogP contribution < -0.4 is 10.0 Å². The van der Waals surface area contributed by atoms with Gasteiger partial charge < -0.3 is 5.73 Å². The third kappa shape index (κ3) is 2.50. The number of nitrogens with zero attached hydrogens (tertiary/aromatic N) is 2. The predicted molar refractivity (Wildman–Crippen MR) is 70.6 cm³/mol. The fraction of sp³-hybridized carbons (Fsp3) is 0.0833. The number of sulfonamides is 1. The minimum absolute atomic E-state index is 0.0284. The molecule has 0 aliphatic carbocycles. The molecule has 0 unspecified atom stereocenters. The molecule has 1 aromatic carbocycles. The molecule has 0 amide bonds. The number of hydrogen-bond donors (Lipinski definition) is 1. The summed E-state index contributed by atoms with van der Waals surface area (Å²) < 4.78 is 39.0. The number of benzene rings is 1. The van der Waals surface area contributed by atoms with Crippen molar-refractivity contribution in [2.24, 2.45) is 0 Å². The van der Waals surface area contributed by atoms with Crippen molar-refractivity contribution in [1.82, 2.24) is 4.98 Å². The SMILES string of the molecule is CN(c1ccccc1F)S(=O)(=O)c1ccc(N)nc1. The number of nitrogens with two attached hydrogens (primary N) is 1. The van der Waals surface area contributed by atoms with Crippen molar-refractivity contribution in [3.05, 3.63) is 48.4 Å². The minimum Gasteiger partial charge on any atom is -0.384 e. The van der Waals surface area contributed by atoms with Gasteiger partial charge in [0.25, 0.3) is 10.0 Å². The van der Waals surface area contributed by atoms with Gasteiger partial charge in [0.2, 0.25) is 0 Å². The number of hydrogen-bond acceptors (Lipinski definition) is 4. The summed E-state index contributed by atoms with van der Waals surface area (Å²) in [6, 6.07) is 8.34. The number of anilines is 2. The highest BCUT2D eigenvalue weighted by atomic mass is 32.2. The average Bonchev–Trinajstić information content (AvgIpc) is 2.39. The van der Waals surface area contributed by atoms with Crippen LogP contribution in [0.15, 0.2) is 47.5 Å². The quantitative estimate of drug-likeness (QED) is 0.927. The average molecular weight is 281 g/mol. The fourth-order valence-corrected chi connectivity index (χ4v) is 2.69. The van der Waals surface area contributed by atoms with Gasteiger partial charge in [0.05, 0.1) is 5.69 Å². The van der Waals surface area contributed by atoms with Gasteiger partial charge in [-0.3, -0.25) is 4.31 Å². The maximum Gasteiger partial charge on any atom is 0.265 e. The fourth-order valence-electron chi connectivity index (χ4n) is 1.54. The first-order valence-corrected chi connectivity index (χ1v) is 6.82. The van der Waals surface area contributed by atoms with Gasteiger partial charge in [-0.25, -0.2) is 17.8 Å². The Balaban J connectivity index is 2.45. The van der Waals surface area contributed by atoms with Crippen LogP contribution in [0, 0.1) is 5.82 Å². The Morgan fingerprint density at radius 3 is 2.47 bits per heavy atom. The van der Waals surface area contributed by atoms with Gasteiger partial charge in [0, 0.05) is 13.2 Å². The summed E-state index contributed by atoms with van der Waals surface area (Å²) in [5, 5.41) is 0. The second-order valence-electron chi connectivity index (χ2n) is 3.84. The molecule has 2 rings (SSSR count). The number of aromatic nitrogens is 1. The zero-order valence-electron chi connectivity index (χ0n) is 10.1. The zero-order valence-corrected chi connectivity index (χ0v) is 10.9. The first-order valence-electron chi connectivity index (χ1n) is 5.38. The van der Waals surface area contributed by atoms with Crippen molar-refractivity contribution < 1.29 is 12.8 Å². The van der Waals surface area contributed by atoms with E-state index in [4.69, 9.17) is 5.73 Å². The lowest BCUT2D eigenvalue weighted by atomic mass is 10.3. The van der Waals surface area contributed by atoms with E-state index in [1.165, 1.54) is 37.4 Å². The van der Waals surface area contributed by atoms with Crippen LogP contribution in [0.25, 0.3) is 0 Å². The second-order valence-corrected chi connectivity index (χ2v) is 5.81. The first kappa shape index (κ1) is 13.3. The summed E-state index contributed by atoms with van der Waals surface area (Å²) in [6.07, 6.45) is 1.14. The van der Waals surface area contributed by atoms with Crippen molar-refractivity contribution in [3.63, 3.8) is 0 Å². The Labute approximate surface area is 110 Å². The predicted octanol–water partition coefficient (Wildman–Crippen LogP) is 1.63. The van der Waals surface area contributed by atoms with Gasteiger partial charge in [-0.2, -0.15) is 0 Å². The van der Waals surface area contributed by atoms with Crippen LogP contribution in [0.1, 0.15) is 0 Å². The molecule has 0 saturated heterocycles. The molecule has 0 saturated carbocycles. The van der Waals surface area contributed by atoms with Crippen molar-refractivity contribution in [1.29, 1.82) is 0 Å². The lowest BCUT2D eigenvalue weighted by molar-refractivity contribution is 0.589. The Morgan fingerprint density at radius 2 is 1.89 bits per heavy atom. The number of pyridine rings is 1. The molecule has 2 N–H and O–H groups in total. The van der Waals surface area contributed by atoms with Gasteiger partial charge >= 0.3 is 0 Å². The molecule has 1 aromatic heterocycles. The molecule has 7 heteroatoms. The van der Waals surface area contributed by atoms with E-state index in [0.29, 0.717) is 0 Å². The zero-order chi connectivity index (χ0) is 14.0. The van der Waals surface area contributed by atoms with E-state index in [1.54, 1.807) is 6.07 Å². The minimum atomic E-state index is -3.86. The van der Waals surface area contributed by atoms with E-state index < -0.39 is 15.8 Å². The lowest BCUT2D eigenvalue weighted by Crippen LogP contribution is -2.27. The van der Waals surface area contributed by atoms with Gasteiger partial charge in [0.15, 0.2) is 0 Å². The first-order chi connectivity index (χ1) is 8.93. The molecule has 19 heavy (non-hydrogen) atoms. The molecule has 0 spiro atoms. The van der Waals surface area contributed by atoms with E-state index in [0.717, 1.165) is 10.5 Å². The smallest absolute Gasteiger partial charge is 0.265 e. The Bertz CT molecular complexity index is 686. The van der Waals surface area contributed by atoms with Gasteiger partial charge in [0.1, 0.15) is 16.5 Å². The highest BCUT2D eigenvalue weighted by molar-refractivity contribution is 7.92. The molecule has 0 atom stereocenters. The monoisotopic (exact) mass is 281 g/mol. The Morgan fingerprint density at radius 1 is 1.21 bits per heavy atom. The van der Waals surface area contributed by atoms with E-state index in [9.17, 15) is 12.8 Å². The molecule has 0 aliphatic rings. The third-order valence-corrected chi connectivity index (χ3v) is 4.36. The highest BCUT2D eigenvalue weighted by Crippen LogP contribution is 2.24. The number of para-hydroxylation sites is 1. The summed E-state index contributed by atoms with van der Waals surface area (Å²) in [5.41, 5.74) is 5.37. The summed E-state index contributed by atoms with van der Waals surface area (Å²) in [4.78, 5) is 3.67. The summed E-state index contributed by atoms with van der Waals surface area (Å²) in [5.74, 6) is -0.399. The molecular weight excluding hydrogens is 269 g/mol. The van der Waals surface area contributed by atoms with Crippen LogP contribution in [0.5, 0.6) is 0 Å². The van der Waals surface area contributed by atoms with Gasteiger partial charge in [-0.15, -0.1) is 0 Å². The normalized spacial score (nSPS) is 11.3. The van der Waals surface area contributed by atoms with Gasteiger partial charge in [-0.05, 0) is 24.3 Å². The van der Waals surface area contributed by atoms with Crippen molar-refractivity contribution in [3.8, 4) is 0 Å². The van der Waals surface area contributed by atoms with Crippen LogP contribution >= 0.6 is 0 Å². The Hall–Kier alpha value is -2.15. The lowest BCUT2D eigenvalue weighted by Gasteiger charge is -2.19. The van der Waals surface area contributed by atoms with Crippen LogP contribution in [-0.4, -0.2) is 20.4 Å². The molecule has 100 valence electrons. The second kappa shape index (κ2) is 4.85. The summed E-state index contributed by atoms with van der Waals surface area (Å²) >= 11 is 0. The molecule has 1 heterocycles. The van der Waals surface area contributed by atoms with Crippen LogP contribution in [0.2, 0.25) is 0 Å². The number of halogens is 1. The molecule has 5 nitrogen and oxygen atoms in total. The molecule has 0 fully saturated rings. The van der Waals surface area contributed by atoms with Crippen molar-refractivity contribution in [2.75, 3.05) is 17.1 Å². The molecule has 0 radical (unpaired) electrons. The highest BCUT2D eigenvalue weighted by Gasteiger charge is 2.23. The van der Waals surface area contributed by atoms with Gasteiger partial charge in [-0.1, -0.05) is 12.1 Å². The summed E-state index contributed by atoms with van der Waals surface area (Å²) in [7, 11) is -2.57. The topological polar surface area (TPSA) is 76.3 Å². The third-order valence-electron chi connectivity index (χ3n) is 2.61. The standard InChI is InChI=1S/C12H12FN3O2S/c1-16(11-5-3-2-4-10(11)13)19(17,18)9-6-7-12(14)15-8-9/h2-8H,1H3,(H2,14,15). The van der Waals surface area contributed by atoms with E-state index in [1.807, 2.05) is 0 Å². The number of nitrogen functional groups attached to an aromatic ring is 1. The largest absolute Gasteiger partial charge is 0.384 e. The van der Waals surface area contributed by atoms with Crippen LogP contribution in [-0.2, 0) is 10.0 Å². The maximum absolute atomic E-state index is 13.6. The summed E-state index contributed by atoms with van der Waals surface area (Å²) in [6.45, 7) is 0. The van der Waals surface area contributed by atoms with Crippen LogP contribution in [0.3, 0.4) is 0 Å². The van der Waals surface area contributed by atoms with E-state index in [2.05, 4.69) is 4.98 Å². The van der Waals surface area contributed by atoms with E-state index >= 15 is 0 Å². The molecule has 2 aromatic rings.